The lowest BCUT2D eigenvalue weighted by molar-refractivity contribution is -0.0499. The van der Waals surface area contributed by atoms with Crippen LogP contribution in [0.3, 0.4) is 0 Å². The van der Waals surface area contributed by atoms with Crippen LogP contribution in [0.1, 0.15) is 25.7 Å². The second kappa shape index (κ2) is 8.37. The summed E-state index contributed by atoms with van der Waals surface area (Å²) in [6, 6.07) is 0. The Hall–Kier alpha value is 0.0569. The highest BCUT2D eigenvalue weighted by atomic mass is 28.4. The molecule has 1 N–H and O–H groups in total. The molecule has 0 spiro atoms. The topological polar surface area (TPSA) is 47.9 Å². The van der Waals surface area contributed by atoms with Crippen molar-refractivity contribution in [2.24, 2.45) is 5.92 Å². The van der Waals surface area contributed by atoms with E-state index in [0.717, 1.165) is 19.4 Å². The normalized spacial score (nSPS) is 26.4. The van der Waals surface area contributed by atoms with Gasteiger partial charge in [-0.1, -0.05) is 6.42 Å². The predicted octanol–water partition coefficient (Wildman–Crippen LogP) is 2.42. The summed E-state index contributed by atoms with van der Waals surface area (Å²) in [7, 11) is 0.210. The molecule has 0 aromatic heterocycles. The highest BCUT2D eigenvalue weighted by molar-refractivity contribution is 6.69. The van der Waals surface area contributed by atoms with E-state index in [0.29, 0.717) is 19.1 Å². The fourth-order valence-electron chi connectivity index (χ4n) is 2.42. The van der Waals surface area contributed by atoms with Crippen LogP contribution in [0.25, 0.3) is 0 Å². The van der Waals surface area contributed by atoms with E-state index in [2.05, 4.69) is 19.6 Å². The van der Waals surface area contributed by atoms with E-state index >= 15 is 0 Å². The molecule has 0 aromatic carbocycles. The molecule has 1 rings (SSSR count). The summed E-state index contributed by atoms with van der Waals surface area (Å²) in [6.45, 7) is 7.96. The van der Waals surface area contributed by atoms with Gasteiger partial charge in [0.1, 0.15) is 0 Å². The predicted molar refractivity (Wildman–Crippen MR) is 78.9 cm³/mol. The second-order valence-electron chi connectivity index (χ2n) is 6.52. The summed E-state index contributed by atoms with van der Waals surface area (Å²) in [5.41, 5.74) is 0. The summed E-state index contributed by atoms with van der Waals surface area (Å²) < 4.78 is 16.7. The zero-order valence-electron chi connectivity index (χ0n) is 12.9. The maximum Gasteiger partial charge on any atom is 0.183 e. The maximum atomic E-state index is 9.86. The van der Waals surface area contributed by atoms with Crippen molar-refractivity contribution in [3.8, 4) is 0 Å². The molecule has 19 heavy (non-hydrogen) atoms. The van der Waals surface area contributed by atoms with E-state index < -0.39 is 14.4 Å². The van der Waals surface area contributed by atoms with Crippen molar-refractivity contribution in [2.45, 2.75) is 57.5 Å². The van der Waals surface area contributed by atoms with E-state index in [4.69, 9.17) is 13.9 Å². The van der Waals surface area contributed by atoms with E-state index in [1.54, 1.807) is 7.11 Å². The lowest BCUT2D eigenvalue weighted by Gasteiger charge is -2.29. The molecule has 114 valence electrons. The zero-order valence-corrected chi connectivity index (χ0v) is 13.9. The summed E-state index contributed by atoms with van der Waals surface area (Å²) in [5, 5.41) is 9.86. The van der Waals surface area contributed by atoms with Gasteiger partial charge in [0.05, 0.1) is 25.4 Å². The van der Waals surface area contributed by atoms with Crippen molar-refractivity contribution in [1.82, 2.24) is 0 Å². The fraction of sp³-hybridized carbons (Fsp3) is 1.00. The number of aliphatic hydroxyl groups excluding tert-OH is 1. The van der Waals surface area contributed by atoms with Gasteiger partial charge in [0, 0.05) is 13.7 Å². The Labute approximate surface area is 118 Å². The zero-order chi connectivity index (χ0) is 14.3. The van der Waals surface area contributed by atoms with Crippen LogP contribution in [-0.4, -0.2) is 52.6 Å². The Morgan fingerprint density at radius 2 is 1.95 bits per heavy atom. The molecule has 5 heteroatoms. The number of aliphatic hydroxyl groups is 1. The number of hydrogen-bond donors (Lipinski definition) is 1. The molecule has 1 aliphatic rings. The third-order valence-electron chi connectivity index (χ3n) is 3.37. The Morgan fingerprint density at radius 3 is 2.58 bits per heavy atom. The monoisotopic (exact) mass is 290 g/mol. The Morgan fingerprint density at radius 1 is 1.21 bits per heavy atom. The molecule has 0 amide bonds. The first kappa shape index (κ1) is 17.1. The molecule has 0 bridgehead atoms. The van der Waals surface area contributed by atoms with Crippen LogP contribution in [0.4, 0.5) is 0 Å². The molecule has 4 nitrogen and oxygen atoms in total. The van der Waals surface area contributed by atoms with Crippen LogP contribution >= 0.6 is 0 Å². The van der Waals surface area contributed by atoms with Gasteiger partial charge in [-0.05, 0) is 44.8 Å². The number of hydrogen-bond acceptors (Lipinski definition) is 4. The number of rotatable bonds is 8. The van der Waals surface area contributed by atoms with Crippen molar-refractivity contribution >= 4 is 8.32 Å². The third-order valence-corrected chi connectivity index (χ3v) is 4.40. The molecule has 0 aromatic rings. The molecule has 0 saturated heterocycles. The summed E-state index contributed by atoms with van der Waals surface area (Å²) in [5.74, 6) is 0.610. The molecule has 1 unspecified atom stereocenters. The van der Waals surface area contributed by atoms with Gasteiger partial charge in [0.25, 0.3) is 0 Å². The fourth-order valence-corrected chi connectivity index (χ4v) is 3.11. The van der Waals surface area contributed by atoms with E-state index in [9.17, 15) is 5.11 Å². The average molecular weight is 290 g/mol. The lowest BCUT2D eigenvalue weighted by atomic mass is 9.88. The minimum absolute atomic E-state index is 0.274. The number of methoxy groups -OCH3 is 1. The first-order valence-electron chi connectivity index (χ1n) is 7.33. The quantitative estimate of drug-likeness (QED) is 0.698. The highest BCUT2D eigenvalue weighted by Gasteiger charge is 2.23. The molecular weight excluding hydrogens is 260 g/mol. The smallest absolute Gasteiger partial charge is 0.183 e. The minimum Gasteiger partial charge on any atom is -0.415 e. The first-order chi connectivity index (χ1) is 8.90. The third kappa shape index (κ3) is 8.04. The lowest BCUT2D eigenvalue weighted by Crippen LogP contribution is -2.34. The molecule has 1 saturated carbocycles. The van der Waals surface area contributed by atoms with Crippen molar-refractivity contribution in [3.63, 3.8) is 0 Å². The summed E-state index contributed by atoms with van der Waals surface area (Å²) >= 11 is 0. The molecule has 0 aliphatic heterocycles. The van der Waals surface area contributed by atoms with E-state index in [1.807, 2.05) is 0 Å². The molecule has 1 aliphatic carbocycles. The summed E-state index contributed by atoms with van der Waals surface area (Å²) in [4.78, 5) is 0. The van der Waals surface area contributed by atoms with Gasteiger partial charge in [-0.2, -0.15) is 0 Å². The Bertz CT molecular complexity index is 240. The standard InChI is InChI=1S/C14H30O4Si/c1-16-9-12-6-5-7-14(8-12)17-10-13(15)11-18-19(2,3)4/h12-15H,5-11H2,1-4H3/t12-,13?,14+/m0/s1. The van der Waals surface area contributed by atoms with E-state index in [1.165, 1.54) is 12.8 Å². The van der Waals surface area contributed by atoms with Gasteiger partial charge < -0.3 is 19.0 Å². The Balaban J connectivity index is 2.17. The average Bonchev–Trinajstić information content (AvgIpc) is 2.34. The Kier molecular flexibility index (Phi) is 7.53. The van der Waals surface area contributed by atoms with Crippen molar-refractivity contribution in [2.75, 3.05) is 26.9 Å². The molecule has 1 fully saturated rings. The van der Waals surface area contributed by atoms with Crippen LogP contribution in [0.15, 0.2) is 0 Å². The van der Waals surface area contributed by atoms with Crippen molar-refractivity contribution in [1.29, 1.82) is 0 Å². The van der Waals surface area contributed by atoms with Crippen molar-refractivity contribution < 1.29 is 19.0 Å². The largest absolute Gasteiger partial charge is 0.415 e. The number of ether oxygens (including phenoxy) is 2. The van der Waals surface area contributed by atoms with Gasteiger partial charge in [-0.25, -0.2) is 0 Å². The summed E-state index contributed by atoms with van der Waals surface area (Å²) in [6.07, 6.45) is 4.34. The molecule has 3 atom stereocenters. The molecule has 0 radical (unpaired) electrons. The van der Waals surface area contributed by atoms with Gasteiger partial charge in [-0.3, -0.25) is 0 Å². The van der Waals surface area contributed by atoms with Gasteiger partial charge >= 0.3 is 0 Å². The molecule has 0 heterocycles. The van der Waals surface area contributed by atoms with Crippen LogP contribution in [0.5, 0.6) is 0 Å². The van der Waals surface area contributed by atoms with Crippen LogP contribution in [-0.2, 0) is 13.9 Å². The second-order valence-corrected chi connectivity index (χ2v) is 11.0. The van der Waals surface area contributed by atoms with Gasteiger partial charge in [0.15, 0.2) is 8.32 Å². The highest BCUT2D eigenvalue weighted by Crippen LogP contribution is 2.26. The maximum absolute atomic E-state index is 9.86. The van der Waals surface area contributed by atoms with Crippen LogP contribution in [0, 0.1) is 5.92 Å². The first-order valence-corrected chi connectivity index (χ1v) is 10.7. The van der Waals surface area contributed by atoms with E-state index in [-0.39, 0.29) is 6.10 Å². The van der Waals surface area contributed by atoms with Crippen LogP contribution < -0.4 is 0 Å². The van der Waals surface area contributed by atoms with Crippen LogP contribution in [0.2, 0.25) is 19.6 Å². The molecular formula is C14H30O4Si. The van der Waals surface area contributed by atoms with Gasteiger partial charge in [0.2, 0.25) is 0 Å². The SMILES string of the molecule is COC[C@H]1CCC[C@@H](OCC(O)CO[Si](C)(C)C)C1. The van der Waals surface area contributed by atoms with Crippen molar-refractivity contribution in [3.05, 3.63) is 0 Å². The minimum atomic E-state index is -1.54. The van der Waals surface area contributed by atoms with Gasteiger partial charge in [-0.15, -0.1) is 0 Å².